The first-order chi connectivity index (χ1) is 38.4. The van der Waals surface area contributed by atoms with Gasteiger partial charge in [-0.3, -0.25) is 20.4 Å². The third-order valence-electron chi connectivity index (χ3n) is 16.1. The smallest absolute Gasteiger partial charge is 0.269 e. The second kappa shape index (κ2) is 44.2. The third kappa shape index (κ3) is 30.1. The maximum atomic E-state index is 13.0. The van der Waals surface area contributed by atoms with Gasteiger partial charge in [-0.2, -0.15) is 0 Å². The van der Waals surface area contributed by atoms with Gasteiger partial charge in [0.05, 0.1) is 13.2 Å². The van der Waals surface area contributed by atoms with E-state index in [9.17, 15) is 9.59 Å². The predicted octanol–water partition coefficient (Wildman–Crippen LogP) is 22.1. The first-order valence-corrected chi connectivity index (χ1v) is 32.7. The maximum Gasteiger partial charge on any atom is 0.269 e. The molecule has 0 saturated carbocycles. The Bertz CT molecular complexity index is 1960. The van der Waals surface area contributed by atoms with Crippen LogP contribution in [0.2, 0.25) is 0 Å². The highest BCUT2D eigenvalue weighted by Gasteiger charge is 2.12. The predicted molar refractivity (Wildman–Crippen MR) is 335 cm³/mol. The molecule has 0 bridgehead atoms. The van der Waals surface area contributed by atoms with E-state index in [0.717, 1.165) is 70.9 Å². The van der Waals surface area contributed by atoms with Gasteiger partial charge < -0.3 is 9.47 Å². The molecule has 0 aliphatic rings. The normalized spacial score (nSPS) is 11.3. The van der Waals surface area contributed by atoms with E-state index < -0.39 is 0 Å². The average Bonchev–Trinajstić information content (AvgIpc) is 3.46. The van der Waals surface area contributed by atoms with Crippen molar-refractivity contribution in [3.63, 3.8) is 0 Å². The highest BCUT2D eigenvalue weighted by Crippen LogP contribution is 2.29. The maximum absolute atomic E-state index is 13.0. The van der Waals surface area contributed by atoms with Gasteiger partial charge in [-0.15, -0.1) is 0 Å². The number of amides is 2. The highest BCUT2D eigenvalue weighted by atomic mass is 16.5. The van der Waals surface area contributed by atoms with Crippen molar-refractivity contribution in [2.24, 2.45) is 0 Å². The van der Waals surface area contributed by atoms with E-state index in [-0.39, 0.29) is 11.8 Å². The van der Waals surface area contributed by atoms with Crippen LogP contribution in [-0.2, 0) is 0 Å². The fourth-order valence-electron chi connectivity index (χ4n) is 10.9. The Labute approximate surface area is 478 Å². The summed E-state index contributed by atoms with van der Waals surface area (Å²) < 4.78 is 12.4. The Morgan fingerprint density at radius 1 is 0.295 bits per heavy atom. The number of rotatable bonds is 48. The Morgan fingerprint density at radius 2 is 0.513 bits per heavy atom. The van der Waals surface area contributed by atoms with Crippen molar-refractivity contribution < 1.29 is 19.1 Å². The van der Waals surface area contributed by atoms with E-state index in [0.29, 0.717) is 11.1 Å². The summed E-state index contributed by atoms with van der Waals surface area (Å²) in [4.78, 5) is 26.0. The zero-order valence-corrected chi connectivity index (χ0v) is 50.4. The molecule has 4 rings (SSSR count). The van der Waals surface area contributed by atoms with Crippen molar-refractivity contribution in [2.75, 3.05) is 13.2 Å². The van der Waals surface area contributed by atoms with Gasteiger partial charge in [0, 0.05) is 11.1 Å². The summed E-state index contributed by atoms with van der Waals surface area (Å²) in [6.45, 7) is 10.3. The topological polar surface area (TPSA) is 76.7 Å². The van der Waals surface area contributed by atoms with E-state index in [1.807, 2.05) is 24.3 Å². The second-order valence-electron chi connectivity index (χ2n) is 23.2. The first kappa shape index (κ1) is 65.9. The zero-order chi connectivity index (χ0) is 55.4. The van der Waals surface area contributed by atoms with Crippen LogP contribution in [0.4, 0.5) is 0 Å². The van der Waals surface area contributed by atoms with Crippen LogP contribution in [0.15, 0.2) is 84.9 Å². The van der Waals surface area contributed by atoms with Crippen molar-refractivity contribution in [3.05, 3.63) is 107 Å². The molecule has 2 N–H and O–H groups in total. The summed E-state index contributed by atoms with van der Waals surface area (Å²) in [6, 6.07) is 27.4. The molecule has 0 spiro atoms. The minimum Gasteiger partial charge on any atom is -0.493 e. The third-order valence-corrected chi connectivity index (χ3v) is 16.1. The molecule has 6 heteroatoms. The van der Waals surface area contributed by atoms with Gasteiger partial charge in [-0.25, -0.2) is 0 Å². The fraction of sp³-hybridized carbons (Fsp3) is 0.639. The number of ether oxygens (including phenoxy) is 2. The molecule has 4 aromatic rings. The first-order valence-electron chi connectivity index (χ1n) is 32.7. The van der Waals surface area contributed by atoms with Crippen molar-refractivity contribution in [1.29, 1.82) is 0 Å². The van der Waals surface area contributed by atoms with E-state index in [4.69, 9.17) is 9.47 Å². The number of hydrogen-bond acceptors (Lipinski definition) is 4. The van der Waals surface area contributed by atoms with Gasteiger partial charge in [0.1, 0.15) is 11.5 Å². The van der Waals surface area contributed by atoms with E-state index in [2.05, 4.69) is 74.9 Å². The number of carbonyl (C=O) groups is 2. The molecule has 0 unspecified atom stereocenters. The standard InChI is InChI=1S/C72H112N2O4/c1-5-7-9-11-13-15-17-19-21-23-25-27-29-31-33-35-37-39-41-43-57-77-69-55-53-67(59-61(69)3)63-45-49-65(50-46-63)71(75)73-74-72(76)66-51-47-64(48-52-66)68-54-56-70(62(4)60-68)78-58-44-42-40-38-36-34-32-30-28-26-24-22-20-18-16-14-12-10-8-6-2/h45-56,59-60H,5-44,57-58H2,1-4H3,(H,73,75)(H,74,76). The molecule has 0 aliphatic heterocycles. The monoisotopic (exact) mass is 1070 g/mol. The number of hydrogen-bond donors (Lipinski definition) is 2. The summed E-state index contributed by atoms with van der Waals surface area (Å²) >= 11 is 0. The van der Waals surface area contributed by atoms with E-state index in [1.165, 1.54) is 244 Å². The number of benzene rings is 4. The molecule has 0 heterocycles. The van der Waals surface area contributed by atoms with Crippen molar-refractivity contribution in [2.45, 2.75) is 285 Å². The second-order valence-corrected chi connectivity index (χ2v) is 23.2. The van der Waals surface area contributed by atoms with Crippen molar-refractivity contribution >= 4 is 11.8 Å². The zero-order valence-electron chi connectivity index (χ0n) is 50.4. The lowest BCUT2D eigenvalue weighted by atomic mass is 10.0. The molecule has 2 amide bonds. The Balaban J connectivity index is 0.990. The lowest BCUT2D eigenvalue weighted by Gasteiger charge is -2.12. The van der Waals surface area contributed by atoms with Gasteiger partial charge in [-0.05, 0) is 109 Å². The van der Waals surface area contributed by atoms with Crippen LogP contribution < -0.4 is 20.3 Å². The Kier molecular flexibility index (Phi) is 37.4. The fourth-order valence-corrected chi connectivity index (χ4v) is 10.9. The van der Waals surface area contributed by atoms with Gasteiger partial charge >= 0.3 is 0 Å². The van der Waals surface area contributed by atoms with Crippen LogP contribution in [0, 0.1) is 13.8 Å². The molecule has 434 valence electrons. The molecule has 6 nitrogen and oxygen atoms in total. The molecule has 0 atom stereocenters. The number of aryl methyl sites for hydroxylation is 2. The van der Waals surface area contributed by atoms with Crippen LogP contribution in [0.3, 0.4) is 0 Å². The van der Waals surface area contributed by atoms with Gasteiger partial charge in [0.2, 0.25) is 0 Å². The van der Waals surface area contributed by atoms with Gasteiger partial charge in [0.15, 0.2) is 0 Å². The lowest BCUT2D eigenvalue weighted by Crippen LogP contribution is -2.41. The van der Waals surface area contributed by atoms with Crippen LogP contribution in [0.25, 0.3) is 22.3 Å². The Morgan fingerprint density at radius 3 is 0.744 bits per heavy atom. The van der Waals surface area contributed by atoms with Crippen LogP contribution >= 0.6 is 0 Å². The molecule has 0 saturated heterocycles. The summed E-state index contributed by atoms with van der Waals surface area (Å²) in [7, 11) is 0. The minimum atomic E-state index is -0.375. The highest BCUT2D eigenvalue weighted by molar-refractivity contribution is 5.99. The van der Waals surface area contributed by atoms with Crippen molar-refractivity contribution in [3.8, 4) is 33.8 Å². The molecular weight excluding hydrogens is 957 g/mol. The summed E-state index contributed by atoms with van der Waals surface area (Å²) in [6.07, 6.45) is 55.3. The largest absolute Gasteiger partial charge is 0.493 e. The number of hydrazine groups is 1. The molecule has 4 aromatic carbocycles. The molecule has 78 heavy (non-hydrogen) atoms. The summed E-state index contributed by atoms with van der Waals surface area (Å²) in [5, 5.41) is 0. The Hall–Kier alpha value is -4.58. The van der Waals surface area contributed by atoms with Crippen LogP contribution in [0.5, 0.6) is 11.5 Å². The molecule has 0 fully saturated rings. The van der Waals surface area contributed by atoms with Gasteiger partial charge in [0.25, 0.3) is 11.8 Å². The minimum absolute atomic E-state index is 0.375. The quantitative estimate of drug-likeness (QED) is 0.0341. The SMILES string of the molecule is CCCCCCCCCCCCCCCCCCCCCCOc1ccc(-c2ccc(C(=O)NNC(=O)c3ccc(-c4ccc(OCCCCCCCCCCCCCCCCCCCCCC)c(C)c4)cc3)cc2)cc1C. The number of carbonyl (C=O) groups excluding carboxylic acids is 2. The lowest BCUT2D eigenvalue weighted by molar-refractivity contribution is 0.0846. The average molecular weight is 1070 g/mol. The molecular formula is C72H112N2O4. The van der Waals surface area contributed by atoms with Gasteiger partial charge in [-0.1, -0.05) is 294 Å². The number of nitrogens with one attached hydrogen (secondary N) is 2. The van der Waals surface area contributed by atoms with E-state index >= 15 is 0 Å². The van der Waals surface area contributed by atoms with Crippen LogP contribution in [0.1, 0.15) is 303 Å². The van der Waals surface area contributed by atoms with E-state index in [1.54, 1.807) is 24.3 Å². The number of unbranched alkanes of at least 4 members (excludes halogenated alkanes) is 38. The van der Waals surface area contributed by atoms with Crippen LogP contribution in [-0.4, -0.2) is 25.0 Å². The summed E-state index contributed by atoms with van der Waals surface area (Å²) in [5.74, 6) is 1.11. The molecule has 0 aromatic heterocycles. The molecule has 0 aliphatic carbocycles. The molecule has 0 radical (unpaired) electrons. The summed E-state index contributed by atoms with van der Waals surface area (Å²) in [5.41, 5.74) is 12.4. The van der Waals surface area contributed by atoms with Crippen molar-refractivity contribution in [1.82, 2.24) is 10.9 Å².